The van der Waals surface area contributed by atoms with Gasteiger partial charge in [0.2, 0.25) is 5.91 Å². The molecule has 4 N–H and O–H groups in total. The summed E-state index contributed by atoms with van der Waals surface area (Å²) < 4.78 is 18.5. The van der Waals surface area contributed by atoms with Crippen molar-refractivity contribution in [2.75, 3.05) is 6.54 Å². The lowest BCUT2D eigenvalue weighted by atomic mass is 10.1. The Morgan fingerprint density at radius 3 is 2.27 bits per heavy atom. The molecule has 2 amide bonds. The number of amides is 2. The maximum atomic E-state index is 12.9. The van der Waals surface area contributed by atoms with Gasteiger partial charge in [0.15, 0.2) is 0 Å². The molecule has 3 rings (SSSR count). The van der Waals surface area contributed by atoms with Gasteiger partial charge >= 0.3 is 0 Å². The van der Waals surface area contributed by atoms with E-state index >= 15 is 0 Å². The van der Waals surface area contributed by atoms with E-state index < -0.39 is 24.4 Å². The van der Waals surface area contributed by atoms with Crippen molar-refractivity contribution in [2.24, 2.45) is 0 Å². The van der Waals surface area contributed by atoms with Crippen LogP contribution in [-0.2, 0) is 16.1 Å². The SMILES string of the molecule is Cc1ccc(C(=O)NC[C@@H]2O[C@@H](CC(=O)NCc3ccc(F)cc3)[C@H](O)[C@@H]2O)cc1. The summed E-state index contributed by atoms with van der Waals surface area (Å²) in [5.41, 5.74) is 2.24. The Kier molecular flexibility index (Phi) is 7.15. The highest BCUT2D eigenvalue weighted by atomic mass is 19.1. The first-order chi connectivity index (χ1) is 14.3. The molecule has 0 radical (unpaired) electrons. The summed E-state index contributed by atoms with van der Waals surface area (Å²) in [6.07, 6.45) is -4.35. The molecule has 1 heterocycles. The van der Waals surface area contributed by atoms with E-state index in [1.165, 1.54) is 12.1 Å². The molecule has 0 aromatic heterocycles. The zero-order valence-electron chi connectivity index (χ0n) is 16.5. The van der Waals surface area contributed by atoms with E-state index in [1.54, 1.807) is 24.3 Å². The number of rotatable bonds is 7. The fraction of sp³-hybridized carbons (Fsp3) is 0.364. The quantitative estimate of drug-likeness (QED) is 0.540. The zero-order valence-corrected chi connectivity index (χ0v) is 16.5. The number of nitrogens with one attached hydrogen (secondary N) is 2. The van der Waals surface area contributed by atoms with E-state index in [-0.39, 0.29) is 37.1 Å². The van der Waals surface area contributed by atoms with Gasteiger partial charge in [0, 0.05) is 18.7 Å². The lowest BCUT2D eigenvalue weighted by Gasteiger charge is -2.15. The third kappa shape index (κ3) is 5.63. The minimum Gasteiger partial charge on any atom is -0.388 e. The van der Waals surface area contributed by atoms with E-state index in [0.717, 1.165) is 11.1 Å². The Hall–Kier alpha value is -2.81. The van der Waals surface area contributed by atoms with E-state index in [2.05, 4.69) is 10.6 Å². The minimum absolute atomic E-state index is 0.00135. The fourth-order valence-electron chi connectivity index (χ4n) is 3.22. The van der Waals surface area contributed by atoms with Crippen molar-refractivity contribution in [2.45, 2.75) is 44.3 Å². The monoisotopic (exact) mass is 416 g/mol. The Morgan fingerprint density at radius 2 is 1.60 bits per heavy atom. The number of aryl methyl sites for hydroxylation is 1. The smallest absolute Gasteiger partial charge is 0.251 e. The number of ether oxygens (including phenoxy) is 1. The van der Waals surface area contributed by atoms with Crippen LogP contribution < -0.4 is 10.6 Å². The third-order valence-electron chi connectivity index (χ3n) is 5.03. The van der Waals surface area contributed by atoms with E-state index in [1.807, 2.05) is 19.1 Å². The van der Waals surface area contributed by atoms with E-state index in [9.17, 15) is 24.2 Å². The first kappa shape index (κ1) is 21.9. The van der Waals surface area contributed by atoms with Crippen LogP contribution in [0.1, 0.15) is 27.9 Å². The van der Waals surface area contributed by atoms with Crippen molar-refractivity contribution < 1.29 is 28.9 Å². The molecule has 1 aliphatic heterocycles. The maximum Gasteiger partial charge on any atom is 0.251 e. The van der Waals surface area contributed by atoms with Gasteiger partial charge in [-0.25, -0.2) is 4.39 Å². The number of hydrogen-bond donors (Lipinski definition) is 4. The van der Waals surface area contributed by atoms with Crippen LogP contribution in [0.3, 0.4) is 0 Å². The number of aliphatic hydroxyl groups is 2. The molecule has 2 aromatic rings. The van der Waals surface area contributed by atoms with Crippen molar-refractivity contribution >= 4 is 11.8 Å². The van der Waals surface area contributed by atoms with Crippen molar-refractivity contribution in [1.82, 2.24) is 10.6 Å². The summed E-state index contributed by atoms with van der Waals surface area (Å²) in [7, 11) is 0. The number of aliphatic hydroxyl groups excluding tert-OH is 2. The van der Waals surface area contributed by atoms with Crippen LogP contribution >= 0.6 is 0 Å². The van der Waals surface area contributed by atoms with Gasteiger partial charge in [-0.05, 0) is 36.8 Å². The lowest BCUT2D eigenvalue weighted by Crippen LogP contribution is -2.40. The molecule has 0 saturated carbocycles. The van der Waals surface area contributed by atoms with Gasteiger partial charge in [-0.2, -0.15) is 0 Å². The number of benzene rings is 2. The van der Waals surface area contributed by atoms with E-state index in [0.29, 0.717) is 5.56 Å². The number of halogens is 1. The molecule has 7 nitrogen and oxygen atoms in total. The molecule has 30 heavy (non-hydrogen) atoms. The number of carbonyl (C=O) groups is 2. The second kappa shape index (κ2) is 9.80. The van der Waals surface area contributed by atoms with Crippen LogP contribution in [0.15, 0.2) is 48.5 Å². The summed E-state index contributed by atoms with van der Waals surface area (Å²) >= 11 is 0. The summed E-state index contributed by atoms with van der Waals surface area (Å²) in [6.45, 7) is 2.13. The third-order valence-corrected chi connectivity index (χ3v) is 5.03. The van der Waals surface area contributed by atoms with Gasteiger partial charge in [0.1, 0.15) is 24.1 Å². The molecular weight excluding hydrogens is 391 g/mol. The second-order valence-corrected chi connectivity index (χ2v) is 7.38. The summed E-state index contributed by atoms with van der Waals surface area (Å²) in [4.78, 5) is 24.4. The molecule has 0 aliphatic carbocycles. The average Bonchev–Trinajstić information content (AvgIpc) is 3.00. The standard InChI is InChI=1S/C22H25FN2O5/c1-13-2-6-15(7-3-13)22(29)25-12-18-21(28)20(27)17(30-18)10-19(26)24-11-14-4-8-16(23)9-5-14/h2-9,17-18,20-21,27-28H,10-12H2,1H3,(H,24,26)(H,25,29)/t17-,18-,20-,21+/m0/s1. The van der Waals surface area contributed by atoms with Crippen molar-refractivity contribution in [3.05, 3.63) is 71.0 Å². The Labute approximate surface area is 173 Å². The fourth-order valence-corrected chi connectivity index (χ4v) is 3.22. The summed E-state index contributed by atoms with van der Waals surface area (Å²) in [6, 6.07) is 12.8. The second-order valence-electron chi connectivity index (χ2n) is 7.38. The largest absolute Gasteiger partial charge is 0.388 e. The van der Waals surface area contributed by atoms with Crippen molar-refractivity contribution in [3.8, 4) is 0 Å². The van der Waals surface area contributed by atoms with Gasteiger partial charge in [-0.3, -0.25) is 9.59 Å². The molecule has 1 aliphatic rings. The summed E-state index contributed by atoms with van der Waals surface area (Å²) in [5.74, 6) is -1.05. The Morgan fingerprint density at radius 1 is 0.967 bits per heavy atom. The predicted molar refractivity (Wildman–Crippen MR) is 107 cm³/mol. The highest BCUT2D eigenvalue weighted by molar-refractivity contribution is 5.94. The molecule has 1 saturated heterocycles. The first-order valence-electron chi connectivity index (χ1n) is 9.71. The van der Waals surface area contributed by atoms with Crippen LogP contribution in [0.4, 0.5) is 4.39 Å². The zero-order chi connectivity index (χ0) is 21.7. The highest BCUT2D eigenvalue weighted by Gasteiger charge is 2.43. The van der Waals surface area contributed by atoms with Gasteiger partial charge in [-0.1, -0.05) is 29.8 Å². The first-order valence-corrected chi connectivity index (χ1v) is 9.71. The molecule has 4 atom stereocenters. The van der Waals surface area contributed by atoms with Crippen molar-refractivity contribution in [3.63, 3.8) is 0 Å². The normalized spacial score (nSPS) is 23.2. The Balaban J connectivity index is 1.46. The minimum atomic E-state index is -1.25. The molecule has 0 unspecified atom stereocenters. The molecule has 0 spiro atoms. The predicted octanol–water partition coefficient (Wildman–Crippen LogP) is 1.06. The van der Waals surface area contributed by atoms with Crippen LogP contribution in [-0.4, -0.2) is 53.0 Å². The molecule has 8 heteroatoms. The molecule has 0 bridgehead atoms. The van der Waals surface area contributed by atoms with Gasteiger partial charge < -0.3 is 25.6 Å². The molecule has 1 fully saturated rings. The lowest BCUT2D eigenvalue weighted by molar-refractivity contribution is -0.125. The van der Waals surface area contributed by atoms with Gasteiger partial charge in [-0.15, -0.1) is 0 Å². The van der Waals surface area contributed by atoms with Crippen LogP contribution in [0.25, 0.3) is 0 Å². The molecular formula is C22H25FN2O5. The number of hydrogen-bond acceptors (Lipinski definition) is 5. The maximum absolute atomic E-state index is 12.9. The number of carbonyl (C=O) groups excluding carboxylic acids is 2. The van der Waals surface area contributed by atoms with Crippen LogP contribution in [0.2, 0.25) is 0 Å². The Bertz CT molecular complexity index is 872. The topological polar surface area (TPSA) is 108 Å². The average molecular weight is 416 g/mol. The van der Waals surface area contributed by atoms with Gasteiger partial charge in [0.05, 0.1) is 12.5 Å². The summed E-state index contributed by atoms with van der Waals surface area (Å²) in [5, 5.41) is 25.7. The molecule has 2 aromatic carbocycles. The van der Waals surface area contributed by atoms with E-state index in [4.69, 9.17) is 4.74 Å². The van der Waals surface area contributed by atoms with Crippen molar-refractivity contribution in [1.29, 1.82) is 0 Å². The van der Waals surface area contributed by atoms with Crippen LogP contribution in [0.5, 0.6) is 0 Å². The van der Waals surface area contributed by atoms with Crippen LogP contribution in [0, 0.1) is 12.7 Å². The molecule has 160 valence electrons. The highest BCUT2D eigenvalue weighted by Crippen LogP contribution is 2.23. The van der Waals surface area contributed by atoms with Gasteiger partial charge in [0.25, 0.3) is 5.91 Å².